The van der Waals surface area contributed by atoms with Gasteiger partial charge in [0.15, 0.2) is 0 Å². The van der Waals surface area contributed by atoms with Gasteiger partial charge >= 0.3 is 5.76 Å². The van der Waals surface area contributed by atoms with Crippen LogP contribution in [-0.2, 0) is 6.61 Å². The number of ether oxygens (including phenoxy) is 1. The topological polar surface area (TPSA) is 81.1 Å². The zero-order chi connectivity index (χ0) is 16.9. The van der Waals surface area contributed by atoms with Crippen molar-refractivity contribution in [3.8, 4) is 23.3 Å². The largest absolute Gasteiger partial charge is 0.489 e. The standard InChI is InChI=1S/C18H15N3O3/c1-13(11-19)21-18(22)24-17(20-21)15-7-9-16(10-8-15)23-12-14-5-3-2-4-6-14/h2-10,13H,12H2,1H3. The van der Waals surface area contributed by atoms with Crippen LogP contribution in [0.3, 0.4) is 0 Å². The third-order valence-corrected chi connectivity index (χ3v) is 3.47. The maximum Gasteiger partial charge on any atom is 0.438 e. The lowest BCUT2D eigenvalue weighted by Crippen LogP contribution is -2.18. The zero-order valence-corrected chi connectivity index (χ0v) is 13.0. The van der Waals surface area contributed by atoms with E-state index in [1.165, 1.54) is 0 Å². The van der Waals surface area contributed by atoms with Crippen LogP contribution in [0.5, 0.6) is 5.75 Å². The SMILES string of the molecule is CC(C#N)n1nc(-c2ccc(OCc3ccccc3)cc2)oc1=O. The van der Waals surface area contributed by atoms with Crippen molar-refractivity contribution in [2.24, 2.45) is 0 Å². The van der Waals surface area contributed by atoms with Crippen LogP contribution in [0.2, 0.25) is 0 Å². The van der Waals surface area contributed by atoms with Crippen LogP contribution in [-0.4, -0.2) is 9.78 Å². The summed E-state index contributed by atoms with van der Waals surface area (Å²) in [4.78, 5) is 11.7. The van der Waals surface area contributed by atoms with Gasteiger partial charge in [0, 0.05) is 5.56 Å². The minimum absolute atomic E-state index is 0.178. The van der Waals surface area contributed by atoms with E-state index in [4.69, 9.17) is 14.4 Å². The van der Waals surface area contributed by atoms with E-state index in [0.29, 0.717) is 17.9 Å². The van der Waals surface area contributed by atoms with Crippen molar-refractivity contribution in [1.29, 1.82) is 5.26 Å². The van der Waals surface area contributed by atoms with Crippen LogP contribution in [0, 0.1) is 11.3 Å². The highest BCUT2D eigenvalue weighted by Gasteiger charge is 2.14. The fourth-order valence-corrected chi connectivity index (χ4v) is 2.14. The first kappa shape index (κ1) is 15.6. The minimum Gasteiger partial charge on any atom is -0.489 e. The van der Waals surface area contributed by atoms with Gasteiger partial charge < -0.3 is 9.15 Å². The van der Waals surface area contributed by atoms with Crippen LogP contribution < -0.4 is 10.5 Å². The molecule has 0 bridgehead atoms. The van der Waals surface area contributed by atoms with E-state index in [1.807, 2.05) is 36.4 Å². The third kappa shape index (κ3) is 3.36. The Morgan fingerprint density at radius 2 is 1.92 bits per heavy atom. The smallest absolute Gasteiger partial charge is 0.438 e. The van der Waals surface area contributed by atoms with Crippen LogP contribution in [0.25, 0.3) is 11.5 Å². The molecule has 0 amide bonds. The Balaban J connectivity index is 1.73. The average molecular weight is 321 g/mol. The van der Waals surface area contributed by atoms with Crippen LogP contribution in [0.4, 0.5) is 0 Å². The molecule has 6 nitrogen and oxygen atoms in total. The van der Waals surface area contributed by atoms with E-state index in [0.717, 1.165) is 10.2 Å². The van der Waals surface area contributed by atoms with Gasteiger partial charge in [-0.2, -0.15) is 9.94 Å². The molecular formula is C18H15N3O3. The number of nitrogens with zero attached hydrogens (tertiary/aromatic N) is 3. The molecule has 6 heteroatoms. The molecule has 0 fully saturated rings. The van der Waals surface area contributed by atoms with Gasteiger partial charge in [0.25, 0.3) is 0 Å². The third-order valence-electron chi connectivity index (χ3n) is 3.47. The molecule has 1 atom stereocenters. The molecule has 2 aromatic carbocycles. The van der Waals surface area contributed by atoms with Gasteiger partial charge in [-0.3, -0.25) is 0 Å². The maximum absolute atomic E-state index is 11.7. The summed E-state index contributed by atoms with van der Waals surface area (Å²) < 4.78 is 11.8. The lowest BCUT2D eigenvalue weighted by molar-refractivity contribution is 0.306. The van der Waals surface area contributed by atoms with Crippen LogP contribution >= 0.6 is 0 Å². The lowest BCUT2D eigenvalue weighted by atomic mass is 10.2. The summed E-state index contributed by atoms with van der Waals surface area (Å²) in [5.74, 6) is 0.231. The molecule has 0 aliphatic rings. The van der Waals surface area contributed by atoms with E-state index < -0.39 is 11.8 Å². The Hall–Kier alpha value is -3.33. The van der Waals surface area contributed by atoms with Crippen LogP contribution in [0.15, 0.2) is 63.8 Å². The zero-order valence-electron chi connectivity index (χ0n) is 13.0. The molecule has 3 aromatic rings. The highest BCUT2D eigenvalue weighted by molar-refractivity contribution is 5.53. The van der Waals surface area contributed by atoms with Crippen LogP contribution in [0.1, 0.15) is 18.5 Å². The highest BCUT2D eigenvalue weighted by Crippen LogP contribution is 2.21. The Bertz CT molecular complexity index is 905. The second-order valence-corrected chi connectivity index (χ2v) is 5.22. The lowest BCUT2D eigenvalue weighted by Gasteiger charge is -2.06. The summed E-state index contributed by atoms with van der Waals surface area (Å²) in [5, 5.41) is 12.9. The first-order valence-electron chi connectivity index (χ1n) is 7.44. The molecule has 1 heterocycles. The van der Waals surface area contributed by atoms with E-state index in [9.17, 15) is 4.79 Å². The Kier molecular flexibility index (Phi) is 4.43. The molecule has 120 valence electrons. The highest BCUT2D eigenvalue weighted by atomic mass is 16.5. The van der Waals surface area contributed by atoms with Gasteiger partial charge in [-0.05, 0) is 36.8 Å². The molecule has 24 heavy (non-hydrogen) atoms. The molecule has 0 spiro atoms. The Morgan fingerprint density at radius 1 is 1.21 bits per heavy atom. The molecule has 0 aliphatic heterocycles. The summed E-state index contributed by atoms with van der Waals surface area (Å²) in [5.41, 5.74) is 1.72. The fourth-order valence-electron chi connectivity index (χ4n) is 2.14. The molecule has 1 unspecified atom stereocenters. The number of hydrogen-bond donors (Lipinski definition) is 0. The van der Waals surface area contributed by atoms with Crippen molar-refractivity contribution in [3.63, 3.8) is 0 Å². The van der Waals surface area contributed by atoms with Crippen molar-refractivity contribution < 1.29 is 9.15 Å². The molecule has 3 rings (SSSR count). The molecule has 0 saturated heterocycles. The quantitative estimate of drug-likeness (QED) is 0.721. The van der Waals surface area contributed by atoms with E-state index in [-0.39, 0.29) is 5.89 Å². The summed E-state index contributed by atoms with van der Waals surface area (Å²) in [6.07, 6.45) is 0. The van der Waals surface area contributed by atoms with Gasteiger partial charge in [0.05, 0.1) is 6.07 Å². The van der Waals surface area contributed by atoms with Crippen molar-refractivity contribution in [3.05, 3.63) is 70.7 Å². The predicted octanol–water partition coefficient (Wildman–Crippen LogP) is 3.17. The van der Waals surface area contributed by atoms with Gasteiger partial charge in [-0.1, -0.05) is 30.3 Å². The summed E-state index contributed by atoms with van der Waals surface area (Å²) in [7, 11) is 0. The molecule has 0 N–H and O–H groups in total. The Morgan fingerprint density at radius 3 is 2.58 bits per heavy atom. The van der Waals surface area contributed by atoms with Gasteiger partial charge in [-0.15, -0.1) is 5.10 Å². The average Bonchev–Trinajstić information content (AvgIpc) is 3.02. The number of rotatable bonds is 5. The van der Waals surface area contributed by atoms with E-state index in [2.05, 4.69) is 5.10 Å². The molecular weight excluding hydrogens is 306 g/mol. The summed E-state index contributed by atoms with van der Waals surface area (Å²) >= 11 is 0. The Labute approximate surface area is 138 Å². The second kappa shape index (κ2) is 6.84. The molecule has 0 radical (unpaired) electrons. The monoisotopic (exact) mass is 321 g/mol. The molecule has 0 saturated carbocycles. The first-order valence-corrected chi connectivity index (χ1v) is 7.44. The van der Waals surface area contributed by atoms with Crippen molar-refractivity contribution in [2.75, 3.05) is 0 Å². The second-order valence-electron chi connectivity index (χ2n) is 5.22. The number of aromatic nitrogens is 2. The fraction of sp³-hybridized carbons (Fsp3) is 0.167. The first-order chi connectivity index (χ1) is 11.7. The van der Waals surface area contributed by atoms with Crippen molar-refractivity contribution in [2.45, 2.75) is 19.6 Å². The molecule has 0 aliphatic carbocycles. The number of nitriles is 1. The maximum atomic E-state index is 11.7. The number of hydrogen-bond acceptors (Lipinski definition) is 5. The van der Waals surface area contributed by atoms with Crippen molar-refractivity contribution >= 4 is 0 Å². The number of benzene rings is 2. The minimum atomic E-state index is -0.677. The van der Waals surface area contributed by atoms with E-state index in [1.54, 1.807) is 31.2 Å². The van der Waals surface area contributed by atoms with Gasteiger partial charge in [0.1, 0.15) is 18.4 Å². The summed E-state index contributed by atoms with van der Waals surface area (Å²) in [6.45, 7) is 2.05. The van der Waals surface area contributed by atoms with Gasteiger partial charge in [-0.25, -0.2) is 4.79 Å². The predicted molar refractivity (Wildman–Crippen MR) is 87.3 cm³/mol. The normalized spacial score (nSPS) is 11.7. The molecule has 1 aromatic heterocycles. The summed E-state index contributed by atoms with van der Waals surface area (Å²) in [6, 6.07) is 18.2. The van der Waals surface area contributed by atoms with E-state index >= 15 is 0 Å². The van der Waals surface area contributed by atoms with Gasteiger partial charge in [0.2, 0.25) is 5.89 Å². The van der Waals surface area contributed by atoms with Crippen molar-refractivity contribution in [1.82, 2.24) is 9.78 Å².